The first-order valence-electron chi connectivity index (χ1n) is 8.75. The molecule has 2 aromatic rings. The zero-order valence-corrected chi connectivity index (χ0v) is 16.8. The number of carbonyl (C=O) groups excluding carboxylic acids is 2. The van der Waals surface area contributed by atoms with Gasteiger partial charge in [0.2, 0.25) is 15.9 Å². The van der Waals surface area contributed by atoms with E-state index in [1.807, 2.05) is 0 Å². The molecule has 0 aliphatic carbocycles. The third-order valence-corrected chi connectivity index (χ3v) is 6.46. The molecule has 0 unspecified atom stereocenters. The zero-order valence-electron chi connectivity index (χ0n) is 15.2. The SMILES string of the molecule is CC(=O)Nc1ccc(NC(=O)c2ccc(Cl)c(N3CCCCS3(=O)=O)c2)cc1. The van der Waals surface area contributed by atoms with Gasteiger partial charge in [-0.2, -0.15) is 0 Å². The number of nitrogens with zero attached hydrogens (tertiary/aromatic N) is 1. The highest BCUT2D eigenvalue weighted by molar-refractivity contribution is 7.92. The summed E-state index contributed by atoms with van der Waals surface area (Å²) in [5, 5.41) is 5.67. The lowest BCUT2D eigenvalue weighted by Gasteiger charge is -2.29. The lowest BCUT2D eigenvalue weighted by Crippen LogP contribution is -2.38. The molecule has 2 aromatic carbocycles. The molecule has 2 N–H and O–H groups in total. The molecule has 28 heavy (non-hydrogen) atoms. The predicted molar refractivity (Wildman–Crippen MR) is 111 cm³/mol. The molecule has 3 rings (SSSR count). The van der Waals surface area contributed by atoms with Crippen LogP contribution in [0.15, 0.2) is 42.5 Å². The van der Waals surface area contributed by atoms with Gasteiger partial charge in [0.15, 0.2) is 0 Å². The van der Waals surface area contributed by atoms with Crippen LogP contribution in [0, 0.1) is 0 Å². The van der Waals surface area contributed by atoms with Crippen LogP contribution < -0.4 is 14.9 Å². The van der Waals surface area contributed by atoms with Crippen molar-refractivity contribution in [2.75, 3.05) is 27.2 Å². The van der Waals surface area contributed by atoms with Crippen LogP contribution in [0.1, 0.15) is 30.1 Å². The zero-order chi connectivity index (χ0) is 20.3. The van der Waals surface area contributed by atoms with E-state index in [0.717, 1.165) is 6.42 Å². The molecule has 0 radical (unpaired) electrons. The Labute approximate surface area is 168 Å². The number of amides is 2. The molecule has 2 amide bonds. The number of benzene rings is 2. The molecule has 9 heteroatoms. The highest BCUT2D eigenvalue weighted by Crippen LogP contribution is 2.32. The topological polar surface area (TPSA) is 95.6 Å². The van der Waals surface area contributed by atoms with E-state index in [2.05, 4.69) is 10.6 Å². The summed E-state index contributed by atoms with van der Waals surface area (Å²) in [6, 6.07) is 11.2. The Morgan fingerprint density at radius 3 is 2.25 bits per heavy atom. The van der Waals surface area contributed by atoms with Crippen LogP contribution in [-0.2, 0) is 14.8 Å². The average molecular weight is 422 g/mol. The minimum absolute atomic E-state index is 0.0698. The van der Waals surface area contributed by atoms with Crippen LogP contribution >= 0.6 is 11.6 Å². The third kappa shape index (κ3) is 4.63. The van der Waals surface area contributed by atoms with E-state index in [-0.39, 0.29) is 22.6 Å². The van der Waals surface area contributed by atoms with Crippen molar-refractivity contribution in [2.24, 2.45) is 0 Å². The molecule has 7 nitrogen and oxygen atoms in total. The molecule has 1 fully saturated rings. The summed E-state index contributed by atoms with van der Waals surface area (Å²) < 4.78 is 26.0. The van der Waals surface area contributed by atoms with Crippen molar-refractivity contribution in [1.82, 2.24) is 0 Å². The van der Waals surface area contributed by atoms with Gasteiger partial charge in [-0.05, 0) is 55.3 Å². The van der Waals surface area contributed by atoms with E-state index in [0.29, 0.717) is 35.6 Å². The number of carbonyl (C=O) groups is 2. The predicted octanol–water partition coefficient (Wildman–Crippen LogP) is 3.48. The van der Waals surface area contributed by atoms with Gasteiger partial charge in [-0.25, -0.2) is 8.42 Å². The molecule has 1 heterocycles. The second-order valence-corrected chi connectivity index (χ2v) is 8.89. The molecule has 0 saturated carbocycles. The average Bonchev–Trinajstić information content (AvgIpc) is 2.63. The molecule has 1 aliphatic heterocycles. The second kappa shape index (κ2) is 8.20. The molecular formula is C19H20ClN3O4S. The van der Waals surface area contributed by atoms with Gasteiger partial charge in [0.05, 0.1) is 16.5 Å². The maximum absolute atomic E-state index is 12.6. The summed E-state index contributed by atoms with van der Waals surface area (Å²) in [4.78, 5) is 23.7. The van der Waals surface area contributed by atoms with Crippen molar-refractivity contribution < 1.29 is 18.0 Å². The smallest absolute Gasteiger partial charge is 0.255 e. The van der Waals surface area contributed by atoms with Crippen LogP contribution in [0.5, 0.6) is 0 Å². The number of rotatable bonds is 4. The van der Waals surface area contributed by atoms with Gasteiger partial charge >= 0.3 is 0 Å². The summed E-state index contributed by atoms with van der Waals surface area (Å²) in [7, 11) is -3.43. The molecule has 0 aromatic heterocycles. The fraction of sp³-hybridized carbons (Fsp3) is 0.263. The van der Waals surface area contributed by atoms with E-state index >= 15 is 0 Å². The largest absolute Gasteiger partial charge is 0.326 e. The lowest BCUT2D eigenvalue weighted by molar-refractivity contribution is -0.114. The fourth-order valence-electron chi connectivity index (χ4n) is 2.95. The summed E-state index contributed by atoms with van der Waals surface area (Å²) in [5.41, 5.74) is 1.77. The normalized spacial score (nSPS) is 15.7. The van der Waals surface area contributed by atoms with E-state index < -0.39 is 10.0 Å². The molecule has 0 atom stereocenters. The van der Waals surface area contributed by atoms with Crippen LogP contribution in [-0.4, -0.2) is 32.5 Å². The maximum atomic E-state index is 12.6. The highest BCUT2D eigenvalue weighted by atomic mass is 35.5. The summed E-state index contributed by atoms with van der Waals surface area (Å²) in [6.07, 6.45) is 1.36. The lowest BCUT2D eigenvalue weighted by atomic mass is 10.1. The molecule has 148 valence electrons. The van der Waals surface area contributed by atoms with Crippen molar-refractivity contribution in [1.29, 1.82) is 0 Å². The van der Waals surface area contributed by atoms with Crippen molar-refractivity contribution in [3.05, 3.63) is 53.1 Å². The minimum Gasteiger partial charge on any atom is -0.326 e. The van der Waals surface area contributed by atoms with Gasteiger partial charge in [-0.3, -0.25) is 13.9 Å². The monoisotopic (exact) mass is 421 g/mol. The molecule has 1 saturated heterocycles. The fourth-order valence-corrected chi connectivity index (χ4v) is 4.86. The Morgan fingerprint density at radius 2 is 1.64 bits per heavy atom. The summed E-state index contributed by atoms with van der Waals surface area (Å²) >= 11 is 6.21. The Bertz CT molecular complexity index is 1010. The van der Waals surface area contributed by atoms with Crippen LogP contribution in [0.3, 0.4) is 0 Å². The van der Waals surface area contributed by atoms with Crippen LogP contribution in [0.2, 0.25) is 5.02 Å². The number of sulfonamides is 1. The third-order valence-electron chi connectivity index (χ3n) is 4.29. The Kier molecular flexibility index (Phi) is 5.90. The van der Waals surface area contributed by atoms with E-state index in [1.165, 1.54) is 23.4 Å². The Hall–Kier alpha value is -2.58. The van der Waals surface area contributed by atoms with Crippen LogP contribution in [0.25, 0.3) is 0 Å². The first kappa shape index (κ1) is 20.2. The number of anilines is 3. The molecule has 0 spiro atoms. The van der Waals surface area contributed by atoms with Gasteiger partial charge in [-0.1, -0.05) is 11.6 Å². The van der Waals surface area contributed by atoms with Gasteiger partial charge in [0, 0.05) is 30.4 Å². The second-order valence-electron chi connectivity index (χ2n) is 6.47. The first-order chi connectivity index (χ1) is 13.3. The summed E-state index contributed by atoms with van der Waals surface area (Å²) in [5.74, 6) is -0.502. The maximum Gasteiger partial charge on any atom is 0.255 e. The Morgan fingerprint density at radius 1 is 1.00 bits per heavy atom. The Balaban J connectivity index is 1.80. The van der Waals surface area contributed by atoms with Crippen molar-refractivity contribution in [3.63, 3.8) is 0 Å². The van der Waals surface area contributed by atoms with E-state index in [9.17, 15) is 18.0 Å². The van der Waals surface area contributed by atoms with Gasteiger partial charge in [0.25, 0.3) is 5.91 Å². The van der Waals surface area contributed by atoms with E-state index in [4.69, 9.17) is 11.6 Å². The molecule has 1 aliphatic rings. The van der Waals surface area contributed by atoms with Crippen LogP contribution in [0.4, 0.5) is 17.1 Å². The van der Waals surface area contributed by atoms with Crippen molar-refractivity contribution in [3.8, 4) is 0 Å². The quantitative estimate of drug-likeness (QED) is 0.789. The molecule has 0 bridgehead atoms. The number of hydrogen-bond donors (Lipinski definition) is 2. The number of nitrogens with one attached hydrogen (secondary N) is 2. The summed E-state index contributed by atoms with van der Waals surface area (Å²) in [6.45, 7) is 1.76. The highest BCUT2D eigenvalue weighted by Gasteiger charge is 2.28. The molecular weight excluding hydrogens is 402 g/mol. The van der Waals surface area contributed by atoms with Gasteiger partial charge in [0.1, 0.15) is 0 Å². The van der Waals surface area contributed by atoms with Crippen molar-refractivity contribution in [2.45, 2.75) is 19.8 Å². The van der Waals surface area contributed by atoms with Crippen molar-refractivity contribution >= 4 is 50.5 Å². The number of halogens is 1. The first-order valence-corrected chi connectivity index (χ1v) is 10.7. The van der Waals surface area contributed by atoms with E-state index in [1.54, 1.807) is 30.3 Å². The van der Waals surface area contributed by atoms with Gasteiger partial charge in [-0.15, -0.1) is 0 Å². The standard InChI is InChI=1S/C19H20ClN3O4S/c1-13(24)21-15-5-7-16(8-6-15)22-19(25)14-4-9-17(20)18(12-14)23-10-2-3-11-28(23,26)27/h4-9,12H,2-3,10-11H2,1H3,(H,21,24)(H,22,25). The number of hydrogen-bond acceptors (Lipinski definition) is 4. The van der Waals surface area contributed by atoms with Gasteiger partial charge < -0.3 is 10.6 Å². The minimum atomic E-state index is -3.43.